The van der Waals surface area contributed by atoms with Crippen LogP contribution in [0.4, 0.5) is 0 Å². The number of unbranched alkanes of at least 4 members (excludes halogenated alkanes) is 15. The van der Waals surface area contributed by atoms with Gasteiger partial charge in [0.1, 0.15) is 0 Å². The maximum absolute atomic E-state index is 2.30. The largest absolute Gasteiger partial charge is 1.00 e. The maximum Gasteiger partial charge on any atom is 0.0780 e. The summed E-state index contributed by atoms with van der Waals surface area (Å²) in [5.74, 6) is 0. The minimum atomic E-state index is 0. The van der Waals surface area contributed by atoms with Crippen molar-refractivity contribution in [1.29, 1.82) is 0 Å². The van der Waals surface area contributed by atoms with E-state index in [9.17, 15) is 0 Å². The Morgan fingerprint density at radius 1 is 0.435 bits per heavy atom. The van der Waals surface area contributed by atoms with Crippen LogP contribution in [0, 0.1) is 0 Å². The molecule has 0 atom stereocenters. The molecule has 0 fully saturated rings. The van der Waals surface area contributed by atoms with Crippen molar-refractivity contribution in [3.05, 3.63) is 0 Å². The molecule has 0 bridgehead atoms. The van der Waals surface area contributed by atoms with Gasteiger partial charge in [-0.3, -0.25) is 0 Å². The minimum Gasteiger partial charge on any atom is -1.00 e. The van der Waals surface area contributed by atoms with E-state index < -0.39 is 0 Å². The zero-order valence-electron chi connectivity index (χ0n) is 16.8. The van der Waals surface area contributed by atoms with E-state index in [4.69, 9.17) is 0 Å². The first kappa shape index (κ1) is 25.7. The molecule has 2 heteroatoms. The summed E-state index contributed by atoms with van der Waals surface area (Å²) in [5.41, 5.74) is 0. The van der Waals surface area contributed by atoms with Crippen LogP contribution in [0.15, 0.2) is 0 Å². The average molecular weight is 393 g/mol. The third kappa shape index (κ3) is 24.8. The Morgan fingerprint density at radius 2 is 0.696 bits per heavy atom. The van der Waals surface area contributed by atoms with Gasteiger partial charge < -0.3 is 21.5 Å². The van der Waals surface area contributed by atoms with Gasteiger partial charge in [-0.25, -0.2) is 0 Å². The summed E-state index contributed by atoms with van der Waals surface area (Å²) in [6.45, 7) is 3.63. The van der Waals surface area contributed by atoms with Crippen LogP contribution in [0.5, 0.6) is 0 Å². The Balaban J connectivity index is 0. The lowest BCUT2D eigenvalue weighted by Gasteiger charge is -2.23. The first-order valence-corrected chi connectivity index (χ1v) is 10.4. The Morgan fingerprint density at radius 3 is 0.957 bits per heavy atom. The summed E-state index contributed by atoms with van der Waals surface area (Å²) in [7, 11) is 6.89. The highest BCUT2D eigenvalue weighted by Gasteiger charge is 2.04. The van der Waals surface area contributed by atoms with Gasteiger partial charge in [-0.05, 0) is 12.8 Å². The molecule has 142 valence electrons. The molecule has 0 rings (SSSR count). The fourth-order valence-electron chi connectivity index (χ4n) is 3.13. The van der Waals surface area contributed by atoms with Crippen LogP contribution in [0.1, 0.15) is 110 Å². The third-order valence-electron chi connectivity index (χ3n) is 4.68. The molecule has 0 N–H and O–H groups in total. The average Bonchev–Trinajstić information content (AvgIpc) is 2.45. The van der Waals surface area contributed by atoms with Crippen molar-refractivity contribution in [3.63, 3.8) is 0 Å². The summed E-state index contributed by atoms with van der Waals surface area (Å²) in [4.78, 5) is 0. The van der Waals surface area contributed by atoms with Crippen LogP contribution in [0.25, 0.3) is 0 Å². The summed E-state index contributed by atoms with van der Waals surface area (Å²) in [6, 6.07) is 0. The molecule has 0 aromatic heterocycles. The molecule has 0 aromatic rings. The van der Waals surface area contributed by atoms with Gasteiger partial charge in [0.2, 0.25) is 0 Å². The Bertz CT molecular complexity index is 210. The van der Waals surface area contributed by atoms with Crippen LogP contribution in [-0.2, 0) is 0 Å². The first-order valence-electron chi connectivity index (χ1n) is 10.4. The van der Waals surface area contributed by atoms with Gasteiger partial charge in [-0.1, -0.05) is 96.8 Å². The van der Waals surface area contributed by atoms with Gasteiger partial charge in [0, 0.05) is 0 Å². The lowest BCUT2D eigenvalue weighted by Crippen LogP contribution is -3.00. The van der Waals surface area contributed by atoms with Crippen molar-refractivity contribution in [2.45, 2.75) is 110 Å². The highest BCUT2D eigenvalue weighted by Crippen LogP contribution is 2.13. The van der Waals surface area contributed by atoms with E-state index in [1.165, 1.54) is 109 Å². The Kier molecular flexibility index (Phi) is 21.0. The van der Waals surface area contributed by atoms with E-state index in [0.717, 1.165) is 4.48 Å². The van der Waals surface area contributed by atoms with Crippen molar-refractivity contribution < 1.29 is 21.5 Å². The van der Waals surface area contributed by atoms with E-state index in [1.807, 2.05) is 0 Å². The second-order valence-corrected chi connectivity index (χ2v) is 8.32. The summed E-state index contributed by atoms with van der Waals surface area (Å²) >= 11 is 0. The molecule has 0 aliphatic heterocycles. The van der Waals surface area contributed by atoms with Crippen LogP contribution in [0.3, 0.4) is 0 Å². The predicted molar refractivity (Wildman–Crippen MR) is 102 cm³/mol. The molecule has 0 aromatic carbocycles. The summed E-state index contributed by atoms with van der Waals surface area (Å²) < 4.78 is 1.12. The van der Waals surface area contributed by atoms with Gasteiger partial charge in [-0.15, -0.1) is 0 Å². The molecule has 0 heterocycles. The van der Waals surface area contributed by atoms with E-state index in [-0.39, 0.29) is 17.0 Å². The Hall–Kier alpha value is 0.440. The number of quaternary nitrogens is 1. The van der Waals surface area contributed by atoms with Gasteiger partial charge in [0.15, 0.2) is 0 Å². The monoisotopic (exact) mass is 391 g/mol. The summed E-state index contributed by atoms with van der Waals surface area (Å²) in [6.07, 6.45) is 23.4. The molecular weight excluding hydrogens is 346 g/mol. The highest BCUT2D eigenvalue weighted by atomic mass is 79.9. The second kappa shape index (κ2) is 18.8. The van der Waals surface area contributed by atoms with Crippen molar-refractivity contribution in [3.8, 4) is 0 Å². The molecule has 0 unspecified atom stereocenters. The lowest BCUT2D eigenvalue weighted by molar-refractivity contribution is -0.870. The topological polar surface area (TPSA) is 0 Å². The molecule has 0 spiro atoms. The molecule has 0 amide bonds. The van der Waals surface area contributed by atoms with Crippen LogP contribution < -0.4 is 17.0 Å². The minimum absolute atomic E-state index is 0. The molecular formula is C21H46BrN. The van der Waals surface area contributed by atoms with Crippen LogP contribution >= 0.6 is 0 Å². The van der Waals surface area contributed by atoms with E-state index >= 15 is 0 Å². The molecule has 0 aliphatic carbocycles. The number of halogens is 1. The third-order valence-corrected chi connectivity index (χ3v) is 4.68. The number of nitrogens with zero attached hydrogens (tertiary/aromatic N) is 1. The normalized spacial score (nSPS) is 11.5. The quantitative estimate of drug-likeness (QED) is 0.260. The predicted octanol–water partition coefficient (Wildman–Crippen LogP) is 3.96. The van der Waals surface area contributed by atoms with E-state index in [1.54, 1.807) is 0 Å². The fourth-order valence-corrected chi connectivity index (χ4v) is 3.13. The number of rotatable bonds is 17. The molecule has 0 saturated carbocycles. The zero-order valence-corrected chi connectivity index (χ0v) is 18.4. The van der Waals surface area contributed by atoms with Crippen LogP contribution in [0.2, 0.25) is 0 Å². The highest BCUT2D eigenvalue weighted by molar-refractivity contribution is 4.49. The second-order valence-electron chi connectivity index (χ2n) is 8.32. The van der Waals surface area contributed by atoms with E-state index in [0.29, 0.717) is 0 Å². The van der Waals surface area contributed by atoms with Crippen molar-refractivity contribution in [2.24, 2.45) is 0 Å². The van der Waals surface area contributed by atoms with Gasteiger partial charge in [0.25, 0.3) is 0 Å². The molecule has 23 heavy (non-hydrogen) atoms. The molecule has 0 radical (unpaired) electrons. The smallest absolute Gasteiger partial charge is 0.0780 e. The molecule has 0 aliphatic rings. The zero-order chi connectivity index (χ0) is 16.5. The van der Waals surface area contributed by atoms with Gasteiger partial charge >= 0.3 is 0 Å². The number of hydrogen-bond donors (Lipinski definition) is 0. The standard InChI is InChI=1S/C21H46N.BrH/c1-5-6-7-8-9-10-11-12-13-14-15-16-17-18-19-20-21-22(2,3)4;/h5-21H2,1-4H3;1H/q+1;/p-1. The van der Waals surface area contributed by atoms with Crippen LogP contribution in [-0.4, -0.2) is 32.2 Å². The van der Waals surface area contributed by atoms with Crippen molar-refractivity contribution in [2.75, 3.05) is 27.7 Å². The molecule has 0 saturated heterocycles. The lowest BCUT2D eigenvalue weighted by atomic mass is 10.0. The SMILES string of the molecule is CCCCCCCCCCCCCCCCCC[N+](C)(C)C.[Br-]. The maximum atomic E-state index is 2.30. The van der Waals surface area contributed by atoms with Crippen molar-refractivity contribution in [1.82, 2.24) is 0 Å². The van der Waals surface area contributed by atoms with Crippen molar-refractivity contribution >= 4 is 0 Å². The van der Waals surface area contributed by atoms with Gasteiger partial charge in [0.05, 0.1) is 27.7 Å². The number of hydrogen-bond acceptors (Lipinski definition) is 0. The first-order chi connectivity index (χ1) is 10.6. The Labute approximate surface area is 159 Å². The fraction of sp³-hybridized carbons (Fsp3) is 1.00. The van der Waals surface area contributed by atoms with Gasteiger partial charge in [-0.2, -0.15) is 0 Å². The summed E-state index contributed by atoms with van der Waals surface area (Å²) in [5, 5.41) is 0. The molecule has 1 nitrogen and oxygen atoms in total. The van der Waals surface area contributed by atoms with E-state index in [2.05, 4.69) is 28.1 Å².